The van der Waals surface area contributed by atoms with Crippen molar-refractivity contribution in [2.24, 2.45) is 0 Å². The number of benzene rings is 1. The Bertz CT molecular complexity index is 982. The van der Waals surface area contributed by atoms with Crippen LogP contribution >= 0.6 is 0 Å². The molecular weight excluding hydrogens is 380 g/mol. The molecule has 1 heterocycles. The van der Waals surface area contributed by atoms with Gasteiger partial charge < -0.3 is 5.32 Å². The minimum atomic E-state index is -3.50. The first-order valence-corrected chi connectivity index (χ1v) is 10.5. The molecule has 0 spiro atoms. The second-order valence-electron chi connectivity index (χ2n) is 6.69. The molecule has 0 saturated carbocycles. The quantitative estimate of drug-likeness (QED) is 0.720. The number of rotatable bonds is 8. The van der Waals surface area contributed by atoms with E-state index in [1.807, 2.05) is 6.92 Å². The van der Waals surface area contributed by atoms with Crippen LogP contribution in [0.1, 0.15) is 48.8 Å². The van der Waals surface area contributed by atoms with Crippen LogP contribution in [0.3, 0.4) is 0 Å². The molecule has 0 aliphatic rings. The number of hydrogen-bond donors (Lipinski definition) is 1. The molecule has 28 heavy (non-hydrogen) atoms. The maximum atomic E-state index is 12.5. The molecule has 1 aromatic carbocycles. The van der Waals surface area contributed by atoms with Gasteiger partial charge in [-0.05, 0) is 37.1 Å². The summed E-state index contributed by atoms with van der Waals surface area (Å²) in [6, 6.07) is 8.73. The molecule has 2 rings (SSSR count). The van der Waals surface area contributed by atoms with Crippen LogP contribution in [-0.4, -0.2) is 42.5 Å². The van der Waals surface area contributed by atoms with Crippen molar-refractivity contribution in [3.05, 3.63) is 58.0 Å². The van der Waals surface area contributed by atoms with E-state index in [9.17, 15) is 18.0 Å². The number of amides is 1. The molecule has 0 radical (unpaired) electrons. The Morgan fingerprint density at radius 3 is 2.39 bits per heavy atom. The summed E-state index contributed by atoms with van der Waals surface area (Å²) in [5, 5.41) is 6.95. The van der Waals surface area contributed by atoms with Crippen LogP contribution in [0.5, 0.6) is 0 Å². The summed E-state index contributed by atoms with van der Waals surface area (Å²) in [5.41, 5.74) is 0.676. The lowest BCUT2D eigenvalue weighted by Gasteiger charge is -2.16. The predicted molar refractivity (Wildman–Crippen MR) is 107 cm³/mol. The molecule has 0 bridgehead atoms. The van der Waals surface area contributed by atoms with Gasteiger partial charge in [-0.1, -0.05) is 25.5 Å². The third-order valence-corrected chi connectivity index (χ3v) is 6.16. The van der Waals surface area contributed by atoms with E-state index in [4.69, 9.17) is 0 Å². The number of carbonyl (C=O) groups is 1. The van der Waals surface area contributed by atoms with Crippen molar-refractivity contribution in [2.75, 3.05) is 14.1 Å². The van der Waals surface area contributed by atoms with E-state index in [-0.39, 0.29) is 22.2 Å². The van der Waals surface area contributed by atoms with Gasteiger partial charge in [-0.2, -0.15) is 5.10 Å². The largest absolute Gasteiger partial charge is 0.344 e. The number of aryl methyl sites for hydroxylation is 1. The van der Waals surface area contributed by atoms with Gasteiger partial charge in [-0.15, -0.1) is 0 Å². The van der Waals surface area contributed by atoms with E-state index in [0.717, 1.165) is 22.7 Å². The summed E-state index contributed by atoms with van der Waals surface area (Å²) in [6.45, 7) is 4.27. The van der Waals surface area contributed by atoms with Gasteiger partial charge in [-0.3, -0.25) is 9.59 Å². The van der Waals surface area contributed by atoms with Crippen LogP contribution in [0.25, 0.3) is 0 Å². The lowest BCUT2D eigenvalue weighted by atomic mass is 10.1. The molecule has 8 nitrogen and oxygen atoms in total. The summed E-state index contributed by atoms with van der Waals surface area (Å²) < 4.78 is 26.7. The Balaban J connectivity index is 2.13. The Kier molecular flexibility index (Phi) is 7.09. The number of sulfonamides is 1. The average molecular weight is 407 g/mol. The van der Waals surface area contributed by atoms with Crippen molar-refractivity contribution in [1.82, 2.24) is 19.4 Å². The van der Waals surface area contributed by atoms with Crippen LogP contribution in [0, 0.1) is 0 Å². The molecule has 1 unspecified atom stereocenters. The van der Waals surface area contributed by atoms with Crippen LogP contribution in [0.4, 0.5) is 0 Å². The number of nitrogens with zero attached hydrogens (tertiary/aromatic N) is 3. The van der Waals surface area contributed by atoms with E-state index in [2.05, 4.69) is 10.4 Å². The summed E-state index contributed by atoms with van der Waals surface area (Å²) >= 11 is 0. The number of carbonyl (C=O) groups excluding carboxylic acids is 1. The van der Waals surface area contributed by atoms with Crippen molar-refractivity contribution in [3.8, 4) is 0 Å². The van der Waals surface area contributed by atoms with Gasteiger partial charge in [0, 0.05) is 26.7 Å². The van der Waals surface area contributed by atoms with Gasteiger partial charge >= 0.3 is 0 Å². The smallest absolute Gasteiger partial charge is 0.272 e. The second-order valence-corrected chi connectivity index (χ2v) is 8.84. The normalized spacial score (nSPS) is 12.8. The molecule has 0 saturated heterocycles. The second kappa shape index (κ2) is 9.11. The number of nitrogens with one attached hydrogen (secondary N) is 1. The predicted octanol–water partition coefficient (Wildman–Crippen LogP) is 1.78. The van der Waals surface area contributed by atoms with Crippen LogP contribution in [0.2, 0.25) is 0 Å². The molecule has 1 atom stereocenters. The fraction of sp³-hybridized carbons (Fsp3) is 0.421. The minimum absolute atomic E-state index is 0.161. The first kappa shape index (κ1) is 21.8. The molecule has 0 aliphatic carbocycles. The number of aromatic nitrogens is 2. The van der Waals surface area contributed by atoms with Crippen LogP contribution in [0.15, 0.2) is 46.1 Å². The molecule has 152 valence electrons. The molecule has 1 N–H and O–H groups in total. The van der Waals surface area contributed by atoms with E-state index < -0.39 is 15.9 Å². The van der Waals surface area contributed by atoms with E-state index in [1.165, 1.54) is 43.0 Å². The van der Waals surface area contributed by atoms with Crippen molar-refractivity contribution >= 4 is 15.9 Å². The van der Waals surface area contributed by atoms with Gasteiger partial charge in [-0.25, -0.2) is 17.4 Å². The standard InChI is InChI=1S/C19H26N4O4S/c1-5-6-13-23-18(24)12-11-17(21-23)19(25)20-14(2)15-7-9-16(10-8-15)28(26,27)22(3)4/h7-12,14H,5-6,13H2,1-4H3,(H,20,25). The first-order chi connectivity index (χ1) is 13.2. The maximum absolute atomic E-state index is 12.5. The molecule has 0 fully saturated rings. The molecule has 1 aromatic heterocycles. The van der Waals surface area contributed by atoms with Gasteiger partial charge in [0.25, 0.3) is 11.5 Å². The summed E-state index contributed by atoms with van der Waals surface area (Å²) in [6.07, 6.45) is 1.72. The van der Waals surface area contributed by atoms with Gasteiger partial charge in [0.1, 0.15) is 5.69 Å². The lowest BCUT2D eigenvalue weighted by molar-refractivity contribution is 0.0932. The Morgan fingerprint density at radius 2 is 1.82 bits per heavy atom. The maximum Gasteiger partial charge on any atom is 0.272 e. The zero-order valence-corrected chi connectivity index (χ0v) is 17.4. The highest BCUT2D eigenvalue weighted by Gasteiger charge is 2.18. The molecular formula is C19H26N4O4S. The van der Waals surface area contributed by atoms with Crippen molar-refractivity contribution in [3.63, 3.8) is 0 Å². The van der Waals surface area contributed by atoms with Crippen molar-refractivity contribution in [1.29, 1.82) is 0 Å². The third kappa shape index (κ3) is 5.05. The Morgan fingerprint density at radius 1 is 1.18 bits per heavy atom. The monoisotopic (exact) mass is 406 g/mol. The summed E-state index contributed by atoms with van der Waals surface area (Å²) in [4.78, 5) is 24.5. The molecule has 1 amide bonds. The van der Waals surface area contributed by atoms with Crippen molar-refractivity contribution < 1.29 is 13.2 Å². The van der Waals surface area contributed by atoms with E-state index in [0.29, 0.717) is 6.54 Å². The third-order valence-electron chi connectivity index (χ3n) is 4.33. The zero-order chi connectivity index (χ0) is 20.9. The molecule has 9 heteroatoms. The Hall–Kier alpha value is -2.52. The van der Waals surface area contributed by atoms with Gasteiger partial charge in [0.2, 0.25) is 10.0 Å². The van der Waals surface area contributed by atoms with Gasteiger partial charge in [0.05, 0.1) is 10.9 Å². The fourth-order valence-corrected chi connectivity index (χ4v) is 3.43. The highest BCUT2D eigenvalue weighted by Crippen LogP contribution is 2.18. The van der Waals surface area contributed by atoms with E-state index >= 15 is 0 Å². The number of unbranched alkanes of at least 4 members (excludes halogenated alkanes) is 1. The number of hydrogen-bond acceptors (Lipinski definition) is 5. The van der Waals surface area contributed by atoms with Crippen LogP contribution < -0.4 is 10.9 Å². The highest BCUT2D eigenvalue weighted by atomic mass is 32.2. The summed E-state index contributed by atoms with van der Waals surface area (Å²) in [7, 11) is -0.556. The SMILES string of the molecule is CCCCn1nc(C(=O)NC(C)c2ccc(S(=O)(=O)N(C)C)cc2)ccc1=O. The molecule has 2 aromatic rings. The Labute approximate surface area is 165 Å². The average Bonchev–Trinajstić information content (AvgIpc) is 2.67. The zero-order valence-electron chi connectivity index (χ0n) is 16.5. The first-order valence-electron chi connectivity index (χ1n) is 9.08. The van der Waals surface area contributed by atoms with E-state index in [1.54, 1.807) is 19.1 Å². The lowest BCUT2D eigenvalue weighted by Crippen LogP contribution is -2.31. The minimum Gasteiger partial charge on any atom is -0.344 e. The summed E-state index contributed by atoms with van der Waals surface area (Å²) in [5.74, 6) is -0.400. The fourth-order valence-electron chi connectivity index (χ4n) is 2.53. The topological polar surface area (TPSA) is 101 Å². The van der Waals surface area contributed by atoms with Gasteiger partial charge in [0.15, 0.2) is 0 Å². The van der Waals surface area contributed by atoms with Crippen molar-refractivity contribution in [2.45, 2.75) is 44.2 Å². The highest BCUT2D eigenvalue weighted by molar-refractivity contribution is 7.89. The molecule has 0 aliphatic heterocycles. The van der Waals surface area contributed by atoms with Crippen LogP contribution in [-0.2, 0) is 16.6 Å².